The second-order valence-corrected chi connectivity index (χ2v) is 4.17. The van der Waals surface area contributed by atoms with Gasteiger partial charge < -0.3 is 5.11 Å². The molecule has 90 valence electrons. The van der Waals surface area contributed by atoms with Gasteiger partial charge in [0.05, 0.1) is 0 Å². The molecule has 0 aliphatic heterocycles. The average Bonchev–Trinajstić information content (AvgIpc) is 2.34. The van der Waals surface area contributed by atoms with Crippen LogP contribution in [-0.2, 0) is 4.79 Å². The van der Waals surface area contributed by atoms with Gasteiger partial charge in [-0.15, -0.1) is 0 Å². The summed E-state index contributed by atoms with van der Waals surface area (Å²) in [7, 11) is 0. The summed E-state index contributed by atoms with van der Waals surface area (Å²) in [6.07, 6.45) is 6.24. The molecule has 0 unspecified atom stereocenters. The van der Waals surface area contributed by atoms with Crippen LogP contribution in [0.4, 0.5) is 0 Å². The van der Waals surface area contributed by atoms with Crippen molar-refractivity contribution in [2.75, 3.05) is 0 Å². The lowest BCUT2D eigenvalue weighted by atomic mass is 10.0. The van der Waals surface area contributed by atoms with Gasteiger partial charge in [-0.25, -0.2) is 4.79 Å². The van der Waals surface area contributed by atoms with Gasteiger partial charge in [-0.3, -0.25) is 0 Å². The van der Waals surface area contributed by atoms with Gasteiger partial charge >= 0.3 is 5.97 Å². The number of allylic oxidation sites excluding steroid dienone is 2. The van der Waals surface area contributed by atoms with Crippen molar-refractivity contribution in [3.63, 3.8) is 0 Å². The third-order valence-electron chi connectivity index (χ3n) is 2.66. The second-order valence-electron chi connectivity index (χ2n) is 4.17. The molecule has 0 radical (unpaired) electrons. The highest BCUT2D eigenvalue weighted by molar-refractivity contribution is 5.85. The number of carboxylic acids is 1. The SMILES string of the molecule is Cc1ccc2cc(/C=C/C=C/C(=O)O)ccc2c1. The minimum atomic E-state index is -0.936. The van der Waals surface area contributed by atoms with Gasteiger partial charge in [0.15, 0.2) is 0 Å². The van der Waals surface area contributed by atoms with Crippen molar-refractivity contribution in [1.29, 1.82) is 0 Å². The molecule has 0 heterocycles. The van der Waals surface area contributed by atoms with Crippen molar-refractivity contribution in [3.8, 4) is 0 Å². The van der Waals surface area contributed by atoms with Crippen LogP contribution in [0.5, 0.6) is 0 Å². The standard InChI is InChI=1S/C16H14O2/c1-12-6-8-15-11-13(7-9-14(15)10-12)4-2-3-5-16(17)18/h2-11H,1H3,(H,17,18)/b4-2+,5-3+. The minimum Gasteiger partial charge on any atom is -0.478 e. The molecule has 0 bridgehead atoms. The third kappa shape index (κ3) is 3.08. The van der Waals surface area contributed by atoms with Gasteiger partial charge in [-0.2, -0.15) is 0 Å². The lowest BCUT2D eigenvalue weighted by molar-refractivity contribution is -0.131. The fraction of sp³-hybridized carbons (Fsp3) is 0.0625. The van der Waals surface area contributed by atoms with E-state index in [9.17, 15) is 4.79 Å². The van der Waals surface area contributed by atoms with Crippen LogP contribution >= 0.6 is 0 Å². The zero-order valence-electron chi connectivity index (χ0n) is 10.1. The highest BCUT2D eigenvalue weighted by Gasteiger charge is 1.94. The van der Waals surface area contributed by atoms with E-state index in [1.165, 1.54) is 22.4 Å². The average molecular weight is 238 g/mol. The van der Waals surface area contributed by atoms with E-state index >= 15 is 0 Å². The van der Waals surface area contributed by atoms with E-state index in [2.05, 4.69) is 37.3 Å². The molecule has 2 heteroatoms. The number of rotatable bonds is 3. The van der Waals surface area contributed by atoms with E-state index in [4.69, 9.17) is 5.11 Å². The Kier molecular flexibility index (Phi) is 3.58. The van der Waals surface area contributed by atoms with Gasteiger partial charge in [0.25, 0.3) is 0 Å². The van der Waals surface area contributed by atoms with E-state index < -0.39 is 5.97 Å². The molecule has 18 heavy (non-hydrogen) atoms. The van der Waals surface area contributed by atoms with Crippen molar-refractivity contribution in [3.05, 3.63) is 65.8 Å². The minimum absolute atomic E-state index is 0.936. The van der Waals surface area contributed by atoms with Crippen LogP contribution in [0.1, 0.15) is 11.1 Å². The van der Waals surface area contributed by atoms with Crippen LogP contribution in [0.15, 0.2) is 54.6 Å². The zero-order valence-corrected chi connectivity index (χ0v) is 10.1. The molecule has 0 saturated carbocycles. The summed E-state index contributed by atoms with van der Waals surface area (Å²) in [5.74, 6) is -0.936. The number of carboxylic acid groups (broad SMARTS) is 1. The molecule has 2 aromatic rings. The Morgan fingerprint density at radius 2 is 1.78 bits per heavy atom. The predicted molar refractivity (Wildman–Crippen MR) is 74.5 cm³/mol. The Hall–Kier alpha value is -2.35. The summed E-state index contributed by atoms with van der Waals surface area (Å²) in [5, 5.41) is 10.9. The van der Waals surface area contributed by atoms with Gasteiger partial charge in [0.1, 0.15) is 0 Å². The Bertz CT molecular complexity index is 637. The molecule has 0 saturated heterocycles. The molecule has 0 fully saturated rings. The molecular weight excluding hydrogens is 224 g/mol. The summed E-state index contributed by atoms with van der Waals surface area (Å²) in [4.78, 5) is 10.3. The zero-order chi connectivity index (χ0) is 13.0. The highest BCUT2D eigenvalue weighted by atomic mass is 16.4. The maximum absolute atomic E-state index is 10.3. The smallest absolute Gasteiger partial charge is 0.328 e. The number of benzene rings is 2. The second kappa shape index (κ2) is 5.32. The molecular formula is C16H14O2. The van der Waals surface area contributed by atoms with Crippen LogP contribution in [0.3, 0.4) is 0 Å². The molecule has 1 N–H and O–H groups in total. The number of fused-ring (bicyclic) bond motifs is 1. The summed E-state index contributed by atoms with van der Waals surface area (Å²) in [6, 6.07) is 12.5. The van der Waals surface area contributed by atoms with Crippen molar-refractivity contribution in [2.24, 2.45) is 0 Å². The normalized spacial score (nSPS) is 11.6. The lowest BCUT2D eigenvalue weighted by Gasteiger charge is -2.00. The Balaban J connectivity index is 2.25. The van der Waals surface area contributed by atoms with Crippen molar-refractivity contribution < 1.29 is 9.90 Å². The van der Waals surface area contributed by atoms with Crippen molar-refractivity contribution >= 4 is 22.8 Å². The van der Waals surface area contributed by atoms with Crippen LogP contribution in [0.2, 0.25) is 0 Å². The third-order valence-corrected chi connectivity index (χ3v) is 2.66. The fourth-order valence-electron chi connectivity index (χ4n) is 1.79. The first-order valence-electron chi connectivity index (χ1n) is 5.73. The molecule has 2 nitrogen and oxygen atoms in total. The first kappa shape index (κ1) is 12.1. The number of hydrogen-bond acceptors (Lipinski definition) is 1. The van der Waals surface area contributed by atoms with E-state index in [0.717, 1.165) is 11.6 Å². The molecule has 0 atom stereocenters. The fourth-order valence-corrected chi connectivity index (χ4v) is 1.79. The molecule has 0 amide bonds. The Morgan fingerprint density at radius 3 is 2.56 bits per heavy atom. The van der Waals surface area contributed by atoms with E-state index in [1.807, 2.05) is 12.1 Å². The maximum Gasteiger partial charge on any atom is 0.328 e. The Morgan fingerprint density at radius 1 is 1.06 bits per heavy atom. The van der Waals surface area contributed by atoms with Gasteiger partial charge in [-0.1, -0.05) is 54.1 Å². The number of aliphatic carboxylic acids is 1. The molecule has 2 rings (SSSR count). The first-order valence-corrected chi connectivity index (χ1v) is 5.73. The molecule has 0 spiro atoms. The Labute approximate surface area is 106 Å². The van der Waals surface area contributed by atoms with Gasteiger partial charge in [-0.05, 0) is 29.3 Å². The quantitative estimate of drug-likeness (QED) is 0.652. The molecule has 0 aliphatic carbocycles. The lowest BCUT2D eigenvalue weighted by Crippen LogP contribution is -1.84. The van der Waals surface area contributed by atoms with Crippen LogP contribution < -0.4 is 0 Å². The summed E-state index contributed by atoms with van der Waals surface area (Å²) in [5.41, 5.74) is 2.30. The van der Waals surface area contributed by atoms with Crippen LogP contribution in [0.25, 0.3) is 16.8 Å². The van der Waals surface area contributed by atoms with Gasteiger partial charge in [0.2, 0.25) is 0 Å². The predicted octanol–water partition coefficient (Wildman–Crippen LogP) is 3.80. The number of carbonyl (C=O) groups is 1. The molecule has 2 aromatic carbocycles. The maximum atomic E-state index is 10.3. The monoisotopic (exact) mass is 238 g/mol. The van der Waals surface area contributed by atoms with Crippen LogP contribution in [-0.4, -0.2) is 11.1 Å². The van der Waals surface area contributed by atoms with Crippen molar-refractivity contribution in [2.45, 2.75) is 6.92 Å². The van der Waals surface area contributed by atoms with E-state index in [1.54, 1.807) is 6.08 Å². The summed E-state index contributed by atoms with van der Waals surface area (Å²) in [6.45, 7) is 2.07. The summed E-state index contributed by atoms with van der Waals surface area (Å²) < 4.78 is 0. The molecule has 0 aliphatic rings. The topological polar surface area (TPSA) is 37.3 Å². The first-order chi connectivity index (χ1) is 8.65. The van der Waals surface area contributed by atoms with Crippen molar-refractivity contribution in [1.82, 2.24) is 0 Å². The van der Waals surface area contributed by atoms with E-state index in [0.29, 0.717) is 0 Å². The number of aryl methyl sites for hydroxylation is 1. The number of hydrogen-bond donors (Lipinski definition) is 1. The summed E-state index contributed by atoms with van der Waals surface area (Å²) >= 11 is 0. The molecule has 0 aromatic heterocycles. The van der Waals surface area contributed by atoms with Gasteiger partial charge in [0, 0.05) is 6.08 Å². The van der Waals surface area contributed by atoms with Crippen LogP contribution in [0, 0.1) is 6.92 Å². The van der Waals surface area contributed by atoms with E-state index in [-0.39, 0.29) is 0 Å². The largest absolute Gasteiger partial charge is 0.478 e. The highest BCUT2D eigenvalue weighted by Crippen LogP contribution is 2.18.